The van der Waals surface area contributed by atoms with E-state index in [0.29, 0.717) is 17.9 Å². The van der Waals surface area contributed by atoms with Crippen LogP contribution in [0, 0.1) is 0 Å². The summed E-state index contributed by atoms with van der Waals surface area (Å²) in [6, 6.07) is 13.0. The van der Waals surface area contributed by atoms with Gasteiger partial charge in [-0.05, 0) is 36.6 Å². The topological polar surface area (TPSA) is 74.9 Å². The summed E-state index contributed by atoms with van der Waals surface area (Å²) in [5.41, 5.74) is 3.92. The third-order valence-electron chi connectivity index (χ3n) is 7.79. The zero-order chi connectivity index (χ0) is 23.4. The van der Waals surface area contributed by atoms with Crippen molar-refractivity contribution in [1.29, 1.82) is 0 Å². The van der Waals surface area contributed by atoms with Gasteiger partial charge in [-0.15, -0.1) is 0 Å². The first kappa shape index (κ1) is 21.1. The van der Waals surface area contributed by atoms with Crippen LogP contribution in [0.15, 0.2) is 42.5 Å². The molecule has 3 aromatic rings. The van der Waals surface area contributed by atoms with Crippen molar-refractivity contribution in [3.05, 3.63) is 59.3 Å². The quantitative estimate of drug-likeness (QED) is 0.644. The minimum Gasteiger partial charge on any atom is -0.497 e. The molecule has 176 valence electrons. The second-order valence-corrected chi connectivity index (χ2v) is 9.50. The molecular weight excluding hydrogens is 430 g/mol. The van der Waals surface area contributed by atoms with Crippen molar-refractivity contribution in [2.45, 2.75) is 50.2 Å². The highest BCUT2D eigenvalue weighted by atomic mass is 16.5. The molecule has 7 nitrogen and oxygen atoms in total. The second-order valence-electron chi connectivity index (χ2n) is 9.50. The van der Waals surface area contributed by atoms with Crippen LogP contribution in [0.2, 0.25) is 0 Å². The van der Waals surface area contributed by atoms with Crippen molar-refractivity contribution in [2.75, 3.05) is 20.8 Å². The number of carbonyl (C=O) groups excluding carboxylic acids is 2. The molecule has 2 amide bonds. The van der Waals surface area contributed by atoms with Crippen LogP contribution in [0.5, 0.6) is 11.5 Å². The molecular formula is C27H29N3O4. The molecule has 0 radical (unpaired) electrons. The highest BCUT2D eigenvalue weighted by Crippen LogP contribution is 2.46. The van der Waals surface area contributed by atoms with Gasteiger partial charge in [-0.2, -0.15) is 0 Å². The van der Waals surface area contributed by atoms with Crippen LogP contribution < -0.4 is 9.47 Å². The molecule has 2 atom stereocenters. The van der Waals surface area contributed by atoms with E-state index in [1.165, 1.54) is 0 Å². The molecule has 2 fully saturated rings. The lowest BCUT2D eigenvalue weighted by atomic mass is 9.85. The molecule has 1 saturated carbocycles. The maximum absolute atomic E-state index is 13.9. The number of rotatable bonds is 4. The maximum atomic E-state index is 13.9. The Morgan fingerprint density at radius 3 is 2.56 bits per heavy atom. The number of ether oxygens (including phenoxy) is 2. The predicted octanol–water partition coefficient (Wildman–Crippen LogP) is 3.81. The standard InChI is InChI=1S/C27H29N3O4/c1-33-17-11-12-19(23(13-17)34-2)26-25-20(18-9-5-6-10-21(18)28-25)14-22-27(32)29(15-24(31)30(22)26)16-7-3-4-8-16/h5-6,9-13,16,22,26,28H,3-4,7-8,14-15H2,1-2H3/t22-,26+/m0/s1. The third-order valence-corrected chi connectivity index (χ3v) is 7.79. The fraction of sp³-hybridized carbons (Fsp3) is 0.407. The number of hydrogen-bond donors (Lipinski definition) is 1. The van der Waals surface area contributed by atoms with Crippen molar-refractivity contribution in [3.8, 4) is 11.5 Å². The first-order chi connectivity index (χ1) is 16.6. The molecule has 3 heterocycles. The molecule has 2 aromatic carbocycles. The van der Waals surface area contributed by atoms with Crippen molar-refractivity contribution < 1.29 is 19.1 Å². The lowest BCUT2D eigenvalue weighted by Gasteiger charge is -2.48. The van der Waals surface area contributed by atoms with Crippen LogP contribution in [0.4, 0.5) is 0 Å². The van der Waals surface area contributed by atoms with Gasteiger partial charge in [0.2, 0.25) is 11.8 Å². The Bertz CT molecular complexity index is 1280. The number of nitrogens with one attached hydrogen (secondary N) is 1. The molecule has 7 heteroatoms. The molecule has 0 unspecified atom stereocenters. The molecule has 1 aliphatic carbocycles. The number of nitrogens with zero attached hydrogens (tertiary/aromatic N) is 2. The zero-order valence-corrected chi connectivity index (χ0v) is 19.5. The fourth-order valence-corrected chi connectivity index (χ4v) is 6.18. The van der Waals surface area contributed by atoms with Gasteiger partial charge in [0.15, 0.2) is 0 Å². The van der Waals surface area contributed by atoms with E-state index in [-0.39, 0.29) is 24.4 Å². The predicted molar refractivity (Wildman–Crippen MR) is 128 cm³/mol. The van der Waals surface area contributed by atoms with Gasteiger partial charge >= 0.3 is 0 Å². The summed E-state index contributed by atoms with van der Waals surface area (Å²) in [5.74, 6) is 1.37. The highest BCUT2D eigenvalue weighted by Gasteiger charge is 2.50. The van der Waals surface area contributed by atoms with E-state index in [9.17, 15) is 9.59 Å². The van der Waals surface area contributed by atoms with Crippen molar-refractivity contribution in [3.63, 3.8) is 0 Å². The van der Waals surface area contributed by atoms with Crippen LogP contribution in [-0.4, -0.2) is 59.4 Å². The molecule has 2 aliphatic heterocycles. The van der Waals surface area contributed by atoms with E-state index < -0.39 is 12.1 Å². The Hall–Kier alpha value is -3.48. The van der Waals surface area contributed by atoms with Gasteiger partial charge in [0.1, 0.15) is 30.1 Å². The summed E-state index contributed by atoms with van der Waals surface area (Å²) in [5, 5.41) is 1.10. The molecule has 1 aromatic heterocycles. The maximum Gasteiger partial charge on any atom is 0.246 e. The number of para-hydroxylation sites is 1. The average Bonchev–Trinajstić information content (AvgIpc) is 3.53. The molecule has 1 N–H and O–H groups in total. The summed E-state index contributed by atoms with van der Waals surface area (Å²) >= 11 is 0. The molecule has 0 bridgehead atoms. The SMILES string of the molecule is COc1ccc([C@@H]2c3[nH]c4ccccc4c3C[C@H]3C(=O)N(C4CCCC4)CC(=O)N23)c(OC)c1. The van der Waals surface area contributed by atoms with E-state index in [1.54, 1.807) is 19.1 Å². The minimum atomic E-state index is -0.523. The van der Waals surface area contributed by atoms with Crippen LogP contribution in [0.3, 0.4) is 0 Å². The molecule has 0 spiro atoms. The van der Waals surface area contributed by atoms with Crippen LogP contribution in [0.1, 0.15) is 48.5 Å². The number of H-pyrrole nitrogens is 1. The van der Waals surface area contributed by atoms with Crippen LogP contribution in [-0.2, 0) is 16.0 Å². The van der Waals surface area contributed by atoms with Gasteiger partial charge < -0.3 is 24.3 Å². The molecule has 1 saturated heterocycles. The molecule has 3 aliphatic rings. The zero-order valence-electron chi connectivity index (χ0n) is 19.5. The first-order valence-corrected chi connectivity index (χ1v) is 12.0. The normalized spacial score (nSPS) is 22.8. The van der Waals surface area contributed by atoms with Gasteiger partial charge in [-0.25, -0.2) is 0 Å². The number of aromatic amines is 1. The number of amides is 2. The monoisotopic (exact) mass is 459 g/mol. The lowest BCUT2D eigenvalue weighted by molar-refractivity contribution is -0.160. The fourth-order valence-electron chi connectivity index (χ4n) is 6.18. The smallest absolute Gasteiger partial charge is 0.246 e. The average molecular weight is 460 g/mol. The highest BCUT2D eigenvalue weighted by molar-refractivity contribution is 5.98. The Balaban J connectivity index is 1.53. The summed E-state index contributed by atoms with van der Waals surface area (Å²) < 4.78 is 11.2. The Kier molecular flexibility index (Phi) is 5.01. The number of hydrogen-bond acceptors (Lipinski definition) is 4. The van der Waals surface area contributed by atoms with Crippen LogP contribution >= 0.6 is 0 Å². The minimum absolute atomic E-state index is 0.0105. The lowest BCUT2D eigenvalue weighted by Crippen LogP contribution is -2.64. The molecule has 34 heavy (non-hydrogen) atoms. The van der Waals surface area contributed by atoms with E-state index in [0.717, 1.165) is 53.4 Å². The van der Waals surface area contributed by atoms with Gasteiger partial charge in [-0.1, -0.05) is 31.0 Å². The van der Waals surface area contributed by atoms with Gasteiger partial charge in [-0.3, -0.25) is 9.59 Å². The largest absolute Gasteiger partial charge is 0.497 e. The number of methoxy groups -OCH3 is 2. The van der Waals surface area contributed by atoms with E-state index in [4.69, 9.17) is 9.47 Å². The summed E-state index contributed by atoms with van der Waals surface area (Å²) in [7, 11) is 3.24. The number of benzene rings is 2. The summed E-state index contributed by atoms with van der Waals surface area (Å²) in [4.78, 5) is 34.8. The number of aromatic nitrogens is 1. The van der Waals surface area contributed by atoms with E-state index in [1.807, 2.05) is 41.3 Å². The van der Waals surface area contributed by atoms with Crippen LogP contribution in [0.25, 0.3) is 10.9 Å². The van der Waals surface area contributed by atoms with Crippen molar-refractivity contribution >= 4 is 22.7 Å². The number of piperazine rings is 1. The number of carbonyl (C=O) groups is 2. The third kappa shape index (κ3) is 3.10. The Labute approximate surface area is 198 Å². The van der Waals surface area contributed by atoms with Gasteiger partial charge in [0.05, 0.1) is 14.2 Å². The second kappa shape index (κ2) is 8.08. The molecule has 6 rings (SSSR count). The van der Waals surface area contributed by atoms with E-state index >= 15 is 0 Å². The first-order valence-electron chi connectivity index (χ1n) is 12.0. The van der Waals surface area contributed by atoms with Gasteiger partial charge in [0, 0.05) is 40.7 Å². The van der Waals surface area contributed by atoms with E-state index in [2.05, 4.69) is 11.1 Å². The number of fused-ring (bicyclic) bond motifs is 4. The Morgan fingerprint density at radius 2 is 1.79 bits per heavy atom. The Morgan fingerprint density at radius 1 is 1.00 bits per heavy atom. The van der Waals surface area contributed by atoms with Gasteiger partial charge in [0.25, 0.3) is 0 Å². The summed E-state index contributed by atoms with van der Waals surface area (Å²) in [6.45, 7) is 0.143. The summed E-state index contributed by atoms with van der Waals surface area (Å²) in [6.07, 6.45) is 4.73. The van der Waals surface area contributed by atoms with Crippen molar-refractivity contribution in [2.24, 2.45) is 0 Å². The van der Waals surface area contributed by atoms with Crippen molar-refractivity contribution in [1.82, 2.24) is 14.8 Å².